The van der Waals surface area contributed by atoms with Gasteiger partial charge in [0.2, 0.25) is 0 Å². The molecule has 0 heterocycles. The summed E-state index contributed by atoms with van der Waals surface area (Å²) in [6, 6.07) is 13.3. The summed E-state index contributed by atoms with van der Waals surface area (Å²) in [7, 11) is 0. The van der Waals surface area contributed by atoms with Gasteiger partial charge in [-0.25, -0.2) is 4.99 Å². The Morgan fingerprint density at radius 2 is 1.68 bits per heavy atom. The third-order valence-corrected chi connectivity index (χ3v) is 2.82. The van der Waals surface area contributed by atoms with Crippen molar-refractivity contribution in [2.45, 2.75) is 0 Å². The van der Waals surface area contributed by atoms with Gasteiger partial charge in [0.15, 0.2) is 5.96 Å². The molecule has 7 nitrogen and oxygen atoms in total. The summed E-state index contributed by atoms with van der Waals surface area (Å²) in [5, 5.41) is 10.1. The molecule has 8 N–H and O–H groups in total. The molecule has 0 radical (unpaired) electrons. The quantitative estimate of drug-likeness (QED) is 0.425. The standard InChI is InChI=1S/C15H16N6O/c16-13(17)10-2-1-3-12(8-10)20-14(22)9-4-6-11(7-5-9)21-15(18)19/h1-8H,(H3,16,17)(H,20,22)(H4,18,19,21). The van der Waals surface area contributed by atoms with Crippen LogP contribution in [0, 0.1) is 5.41 Å². The van der Waals surface area contributed by atoms with Crippen molar-refractivity contribution < 1.29 is 4.79 Å². The average Bonchev–Trinajstić information content (AvgIpc) is 2.47. The SMILES string of the molecule is N=C(N)c1cccc(NC(=O)c2ccc(N=C(N)N)cc2)c1. The van der Waals surface area contributed by atoms with Crippen LogP contribution in [0.3, 0.4) is 0 Å². The first-order valence-electron chi connectivity index (χ1n) is 6.41. The van der Waals surface area contributed by atoms with Gasteiger partial charge in [-0.05, 0) is 36.4 Å². The lowest BCUT2D eigenvalue weighted by Gasteiger charge is -2.07. The van der Waals surface area contributed by atoms with Gasteiger partial charge >= 0.3 is 0 Å². The van der Waals surface area contributed by atoms with Crippen molar-refractivity contribution in [2.75, 3.05) is 5.32 Å². The maximum absolute atomic E-state index is 12.1. The second-order valence-electron chi connectivity index (χ2n) is 4.53. The molecular formula is C15H16N6O. The number of amidine groups is 1. The van der Waals surface area contributed by atoms with Crippen molar-refractivity contribution in [3.05, 3.63) is 59.7 Å². The number of aliphatic imine (C=N–C) groups is 1. The Kier molecular flexibility index (Phi) is 4.38. The summed E-state index contributed by atoms with van der Waals surface area (Å²) in [6.45, 7) is 0. The summed E-state index contributed by atoms with van der Waals surface area (Å²) in [6.07, 6.45) is 0. The third kappa shape index (κ3) is 3.83. The third-order valence-electron chi connectivity index (χ3n) is 2.82. The number of hydrogen-bond acceptors (Lipinski definition) is 3. The first-order chi connectivity index (χ1) is 10.5. The Bertz CT molecular complexity index is 732. The molecule has 0 aliphatic carbocycles. The molecule has 2 aromatic rings. The highest BCUT2D eigenvalue weighted by Gasteiger charge is 2.07. The number of carbonyl (C=O) groups is 1. The Hall–Kier alpha value is -3.35. The van der Waals surface area contributed by atoms with Gasteiger partial charge in [-0.1, -0.05) is 12.1 Å². The summed E-state index contributed by atoms with van der Waals surface area (Å²) >= 11 is 0. The van der Waals surface area contributed by atoms with Gasteiger partial charge in [-0.2, -0.15) is 0 Å². The van der Waals surface area contributed by atoms with Gasteiger partial charge in [0, 0.05) is 16.8 Å². The van der Waals surface area contributed by atoms with Crippen molar-refractivity contribution in [1.29, 1.82) is 5.41 Å². The number of amides is 1. The van der Waals surface area contributed by atoms with Gasteiger partial charge in [-0.3, -0.25) is 10.2 Å². The second kappa shape index (κ2) is 6.40. The van der Waals surface area contributed by atoms with E-state index in [2.05, 4.69) is 10.3 Å². The first kappa shape index (κ1) is 15.0. The van der Waals surface area contributed by atoms with Crippen LogP contribution < -0.4 is 22.5 Å². The number of nitrogens with one attached hydrogen (secondary N) is 2. The van der Waals surface area contributed by atoms with Crippen molar-refractivity contribution in [1.82, 2.24) is 0 Å². The molecule has 112 valence electrons. The second-order valence-corrected chi connectivity index (χ2v) is 4.53. The van der Waals surface area contributed by atoms with Crippen LogP contribution in [0.25, 0.3) is 0 Å². The van der Waals surface area contributed by atoms with Crippen LogP contribution in [-0.4, -0.2) is 17.7 Å². The van der Waals surface area contributed by atoms with Crippen molar-refractivity contribution >= 4 is 29.1 Å². The smallest absolute Gasteiger partial charge is 0.255 e. The van der Waals surface area contributed by atoms with E-state index in [0.29, 0.717) is 22.5 Å². The predicted molar refractivity (Wildman–Crippen MR) is 87.3 cm³/mol. The molecule has 0 saturated carbocycles. The van der Waals surface area contributed by atoms with Crippen LogP contribution >= 0.6 is 0 Å². The van der Waals surface area contributed by atoms with Crippen LogP contribution in [0.2, 0.25) is 0 Å². The maximum Gasteiger partial charge on any atom is 0.255 e. The number of guanidine groups is 1. The Morgan fingerprint density at radius 3 is 2.27 bits per heavy atom. The molecular weight excluding hydrogens is 280 g/mol. The van der Waals surface area contributed by atoms with Crippen molar-refractivity contribution in [3.8, 4) is 0 Å². The number of hydrogen-bond donors (Lipinski definition) is 5. The van der Waals surface area contributed by atoms with E-state index in [1.165, 1.54) is 0 Å². The summed E-state index contributed by atoms with van der Waals surface area (Å²) < 4.78 is 0. The van der Waals surface area contributed by atoms with Crippen molar-refractivity contribution in [2.24, 2.45) is 22.2 Å². The minimum Gasteiger partial charge on any atom is -0.384 e. The summed E-state index contributed by atoms with van der Waals surface area (Å²) in [4.78, 5) is 16.0. The molecule has 0 aliphatic rings. The number of nitrogens with two attached hydrogens (primary N) is 3. The fraction of sp³-hybridized carbons (Fsp3) is 0. The van der Waals surface area contributed by atoms with Crippen LogP contribution in [0.4, 0.5) is 11.4 Å². The molecule has 0 atom stereocenters. The van der Waals surface area contributed by atoms with E-state index in [-0.39, 0.29) is 17.7 Å². The molecule has 1 amide bonds. The van der Waals surface area contributed by atoms with E-state index in [4.69, 9.17) is 22.6 Å². The van der Waals surface area contributed by atoms with Crippen LogP contribution in [-0.2, 0) is 0 Å². The number of nitrogen functional groups attached to an aromatic ring is 1. The lowest BCUT2D eigenvalue weighted by atomic mass is 10.1. The van der Waals surface area contributed by atoms with E-state index in [0.717, 1.165) is 0 Å². The zero-order valence-corrected chi connectivity index (χ0v) is 11.7. The van der Waals surface area contributed by atoms with Crippen LogP contribution in [0.5, 0.6) is 0 Å². The van der Waals surface area contributed by atoms with Gasteiger partial charge in [0.25, 0.3) is 5.91 Å². The topological polar surface area (TPSA) is 143 Å². The van der Waals surface area contributed by atoms with E-state index in [1.807, 2.05) is 0 Å². The molecule has 0 aromatic heterocycles. The van der Waals surface area contributed by atoms with Crippen LogP contribution in [0.1, 0.15) is 15.9 Å². The van der Waals surface area contributed by atoms with Gasteiger partial charge in [0.05, 0.1) is 5.69 Å². The van der Waals surface area contributed by atoms with E-state index in [9.17, 15) is 4.79 Å². The van der Waals surface area contributed by atoms with Gasteiger partial charge < -0.3 is 22.5 Å². The molecule has 0 spiro atoms. The summed E-state index contributed by atoms with van der Waals surface area (Å²) in [5.74, 6) is -0.382. The lowest BCUT2D eigenvalue weighted by Crippen LogP contribution is -2.21. The predicted octanol–water partition coefficient (Wildman–Crippen LogP) is 1.13. The molecule has 7 heteroatoms. The van der Waals surface area contributed by atoms with Gasteiger partial charge in [-0.15, -0.1) is 0 Å². The minimum atomic E-state index is -0.281. The normalized spacial score (nSPS) is 9.82. The van der Waals surface area contributed by atoms with Crippen LogP contribution in [0.15, 0.2) is 53.5 Å². The first-order valence-corrected chi connectivity index (χ1v) is 6.41. The molecule has 2 aromatic carbocycles. The van der Waals surface area contributed by atoms with E-state index < -0.39 is 0 Å². The molecule has 0 unspecified atom stereocenters. The molecule has 0 fully saturated rings. The number of benzene rings is 2. The average molecular weight is 296 g/mol. The van der Waals surface area contributed by atoms with E-state index in [1.54, 1.807) is 48.5 Å². The number of nitrogens with zero attached hydrogens (tertiary/aromatic N) is 1. The van der Waals surface area contributed by atoms with Gasteiger partial charge in [0.1, 0.15) is 5.84 Å². The molecule has 0 aliphatic heterocycles. The largest absolute Gasteiger partial charge is 0.384 e. The Balaban J connectivity index is 2.14. The molecule has 22 heavy (non-hydrogen) atoms. The number of anilines is 1. The monoisotopic (exact) mass is 296 g/mol. The highest BCUT2D eigenvalue weighted by molar-refractivity contribution is 6.05. The Morgan fingerprint density at radius 1 is 1.00 bits per heavy atom. The zero-order valence-electron chi connectivity index (χ0n) is 11.7. The Labute approximate surface area is 127 Å². The highest BCUT2D eigenvalue weighted by Crippen LogP contribution is 2.15. The zero-order chi connectivity index (χ0) is 16.1. The van der Waals surface area contributed by atoms with E-state index >= 15 is 0 Å². The highest BCUT2D eigenvalue weighted by atomic mass is 16.1. The number of carbonyl (C=O) groups excluding carboxylic acids is 1. The summed E-state index contributed by atoms with van der Waals surface area (Å²) in [5.41, 5.74) is 18.1. The fourth-order valence-electron chi connectivity index (χ4n) is 1.80. The van der Waals surface area contributed by atoms with Crippen molar-refractivity contribution in [3.63, 3.8) is 0 Å². The maximum atomic E-state index is 12.1. The molecule has 0 saturated heterocycles. The molecule has 2 rings (SSSR count). The lowest BCUT2D eigenvalue weighted by molar-refractivity contribution is 0.102. The minimum absolute atomic E-state index is 0.0433. The number of rotatable bonds is 4. The fourth-order valence-corrected chi connectivity index (χ4v) is 1.80. The molecule has 0 bridgehead atoms.